The molecular formula is C14H20N2O2. The van der Waals surface area contributed by atoms with Gasteiger partial charge in [-0.25, -0.2) is 0 Å². The van der Waals surface area contributed by atoms with E-state index in [1.807, 2.05) is 6.07 Å². The van der Waals surface area contributed by atoms with Gasteiger partial charge in [0.25, 0.3) is 0 Å². The molecule has 1 aromatic rings. The van der Waals surface area contributed by atoms with Crippen LogP contribution in [0.25, 0.3) is 0 Å². The van der Waals surface area contributed by atoms with Crippen molar-refractivity contribution in [3.8, 4) is 11.5 Å². The molecule has 2 aliphatic heterocycles. The molecular weight excluding hydrogens is 228 g/mol. The Bertz CT molecular complexity index is 445. The molecule has 2 heterocycles. The average Bonchev–Trinajstić information content (AvgIpc) is 2.37. The largest absolute Gasteiger partial charge is 0.486 e. The monoisotopic (exact) mass is 248 g/mol. The highest BCUT2D eigenvalue weighted by molar-refractivity contribution is 5.57. The van der Waals surface area contributed by atoms with Crippen molar-refractivity contribution in [1.82, 2.24) is 0 Å². The number of ether oxygens (including phenoxy) is 2. The number of nitrogens with zero attached hydrogens (tertiary/aromatic N) is 1. The molecule has 0 spiro atoms. The first-order chi connectivity index (χ1) is 8.64. The summed E-state index contributed by atoms with van der Waals surface area (Å²) in [5.74, 6) is 1.69. The number of rotatable bonds is 1. The summed E-state index contributed by atoms with van der Waals surface area (Å²) in [7, 11) is 0. The predicted octanol–water partition coefficient (Wildman–Crippen LogP) is 1.78. The molecule has 0 amide bonds. The summed E-state index contributed by atoms with van der Waals surface area (Å²) in [6, 6.07) is 6.15. The number of fused-ring (bicyclic) bond motifs is 1. The van der Waals surface area contributed by atoms with Crippen molar-refractivity contribution in [1.29, 1.82) is 0 Å². The summed E-state index contributed by atoms with van der Waals surface area (Å²) >= 11 is 0. The second kappa shape index (κ2) is 4.35. The van der Waals surface area contributed by atoms with E-state index in [2.05, 4.69) is 24.0 Å². The van der Waals surface area contributed by atoms with E-state index in [0.717, 1.165) is 37.4 Å². The maximum atomic E-state index is 6.25. The van der Waals surface area contributed by atoms with Gasteiger partial charge in [0.2, 0.25) is 0 Å². The van der Waals surface area contributed by atoms with Crippen LogP contribution in [-0.4, -0.2) is 31.8 Å². The van der Waals surface area contributed by atoms with Crippen LogP contribution >= 0.6 is 0 Å². The van der Waals surface area contributed by atoms with Gasteiger partial charge in [-0.2, -0.15) is 0 Å². The lowest BCUT2D eigenvalue weighted by atomic mass is 9.92. The maximum absolute atomic E-state index is 6.25. The Labute approximate surface area is 108 Å². The molecule has 1 fully saturated rings. The molecule has 4 nitrogen and oxygen atoms in total. The lowest BCUT2D eigenvalue weighted by molar-refractivity contribution is 0.171. The zero-order valence-corrected chi connectivity index (χ0v) is 10.8. The molecule has 0 bridgehead atoms. The zero-order valence-electron chi connectivity index (χ0n) is 10.8. The number of anilines is 1. The van der Waals surface area contributed by atoms with Crippen LogP contribution in [0.1, 0.15) is 19.8 Å². The van der Waals surface area contributed by atoms with Crippen molar-refractivity contribution in [2.75, 3.05) is 31.2 Å². The van der Waals surface area contributed by atoms with E-state index >= 15 is 0 Å². The minimum Gasteiger partial charge on any atom is -0.486 e. The van der Waals surface area contributed by atoms with E-state index in [9.17, 15) is 0 Å². The van der Waals surface area contributed by atoms with Gasteiger partial charge in [0.15, 0.2) is 11.5 Å². The van der Waals surface area contributed by atoms with Gasteiger partial charge in [0, 0.05) is 30.4 Å². The zero-order chi connectivity index (χ0) is 12.6. The Morgan fingerprint density at radius 3 is 2.78 bits per heavy atom. The van der Waals surface area contributed by atoms with Crippen LogP contribution in [0, 0.1) is 0 Å². The minimum atomic E-state index is -0.0918. The van der Waals surface area contributed by atoms with E-state index in [1.165, 1.54) is 5.69 Å². The van der Waals surface area contributed by atoms with Crippen molar-refractivity contribution >= 4 is 5.69 Å². The minimum absolute atomic E-state index is 0.0918. The number of piperidine rings is 1. The van der Waals surface area contributed by atoms with Gasteiger partial charge in [-0.05, 0) is 31.9 Å². The fourth-order valence-corrected chi connectivity index (χ4v) is 2.72. The molecule has 1 unspecified atom stereocenters. The maximum Gasteiger partial charge on any atom is 0.163 e. The van der Waals surface area contributed by atoms with Crippen LogP contribution < -0.4 is 20.1 Å². The number of benzene rings is 1. The van der Waals surface area contributed by atoms with Gasteiger partial charge in [-0.15, -0.1) is 0 Å². The fourth-order valence-electron chi connectivity index (χ4n) is 2.72. The van der Waals surface area contributed by atoms with Crippen molar-refractivity contribution < 1.29 is 9.47 Å². The SMILES string of the molecule is CC1(N)CCCN(c2ccc3c(c2)OCCO3)C1. The highest BCUT2D eigenvalue weighted by atomic mass is 16.6. The lowest BCUT2D eigenvalue weighted by Gasteiger charge is -2.39. The first kappa shape index (κ1) is 11.7. The Morgan fingerprint density at radius 1 is 1.22 bits per heavy atom. The Kier molecular flexibility index (Phi) is 2.82. The summed E-state index contributed by atoms with van der Waals surface area (Å²) in [5.41, 5.74) is 7.33. The molecule has 1 aromatic carbocycles. The third-order valence-electron chi connectivity index (χ3n) is 3.62. The molecule has 0 radical (unpaired) electrons. The number of hydrogen-bond donors (Lipinski definition) is 1. The van der Waals surface area contributed by atoms with Crippen LogP contribution in [0.2, 0.25) is 0 Å². The van der Waals surface area contributed by atoms with E-state index in [1.54, 1.807) is 0 Å². The third-order valence-corrected chi connectivity index (χ3v) is 3.62. The van der Waals surface area contributed by atoms with Crippen LogP contribution in [0.15, 0.2) is 18.2 Å². The van der Waals surface area contributed by atoms with Crippen molar-refractivity contribution in [3.05, 3.63) is 18.2 Å². The summed E-state index contributed by atoms with van der Waals surface area (Å²) in [4.78, 5) is 2.34. The molecule has 2 N–H and O–H groups in total. The first-order valence-electron chi connectivity index (χ1n) is 6.58. The van der Waals surface area contributed by atoms with E-state index in [4.69, 9.17) is 15.2 Å². The average molecular weight is 248 g/mol. The number of hydrogen-bond acceptors (Lipinski definition) is 4. The van der Waals surface area contributed by atoms with Crippen molar-refractivity contribution in [2.24, 2.45) is 5.73 Å². The predicted molar refractivity (Wildman–Crippen MR) is 71.5 cm³/mol. The van der Waals surface area contributed by atoms with Crippen molar-refractivity contribution in [3.63, 3.8) is 0 Å². The van der Waals surface area contributed by atoms with Crippen molar-refractivity contribution in [2.45, 2.75) is 25.3 Å². The summed E-state index contributed by atoms with van der Waals surface area (Å²) in [5, 5.41) is 0. The second-order valence-corrected chi connectivity index (χ2v) is 5.51. The third kappa shape index (κ3) is 2.25. The van der Waals surface area contributed by atoms with Gasteiger partial charge in [0.05, 0.1) is 0 Å². The fraction of sp³-hybridized carbons (Fsp3) is 0.571. The molecule has 18 heavy (non-hydrogen) atoms. The highest BCUT2D eigenvalue weighted by Crippen LogP contribution is 2.35. The summed E-state index contributed by atoms with van der Waals surface area (Å²) in [6.45, 7) is 5.35. The van der Waals surface area contributed by atoms with Crippen LogP contribution in [0.5, 0.6) is 11.5 Å². The van der Waals surface area contributed by atoms with Gasteiger partial charge in [0.1, 0.15) is 13.2 Å². The van der Waals surface area contributed by atoms with Gasteiger partial charge < -0.3 is 20.1 Å². The summed E-state index contributed by atoms with van der Waals surface area (Å²) < 4.78 is 11.2. The lowest BCUT2D eigenvalue weighted by Crippen LogP contribution is -2.52. The summed E-state index contributed by atoms with van der Waals surface area (Å²) in [6.07, 6.45) is 2.23. The second-order valence-electron chi connectivity index (χ2n) is 5.51. The van der Waals surface area contributed by atoms with Crippen LogP contribution in [0.4, 0.5) is 5.69 Å². The van der Waals surface area contributed by atoms with Gasteiger partial charge in [-0.1, -0.05) is 0 Å². The van der Waals surface area contributed by atoms with E-state index < -0.39 is 0 Å². The van der Waals surface area contributed by atoms with Crippen LogP contribution in [-0.2, 0) is 0 Å². The quantitative estimate of drug-likeness (QED) is 0.823. The first-order valence-corrected chi connectivity index (χ1v) is 6.58. The molecule has 4 heteroatoms. The van der Waals surface area contributed by atoms with E-state index in [0.29, 0.717) is 13.2 Å². The molecule has 1 saturated heterocycles. The van der Waals surface area contributed by atoms with Crippen LogP contribution in [0.3, 0.4) is 0 Å². The Balaban J connectivity index is 1.83. The molecule has 0 aliphatic carbocycles. The molecule has 3 rings (SSSR count). The van der Waals surface area contributed by atoms with Gasteiger partial charge in [-0.3, -0.25) is 0 Å². The van der Waals surface area contributed by atoms with E-state index in [-0.39, 0.29) is 5.54 Å². The molecule has 0 saturated carbocycles. The number of nitrogens with two attached hydrogens (primary N) is 1. The normalized spacial score (nSPS) is 27.1. The van der Waals surface area contributed by atoms with Gasteiger partial charge >= 0.3 is 0 Å². The molecule has 0 aromatic heterocycles. The highest BCUT2D eigenvalue weighted by Gasteiger charge is 2.27. The standard InChI is InChI=1S/C14H20N2O2/c1-14(15)5-2-6-16(10-14)11-3-4-12-13(9-11)18-8-7-17-12/h3-4,9H,2,5-8,10,15H2,1H3. The molecule has 1 atom stereocenters. The Hall–Kier alpha value is -1.42. The topological polar surface area (TPSA) is 47.7 Å². The smallest absolute Gasteiger partial charge is 0.163 e. The molecule has 2 aliphatic rings. The Morgan fingerprint density at radius 2 is 2.00 bits per heavy atom. The molecule has 98 valence electrons.